The molecule has 0 bridgehead atoms. The fourth-order valence-electron chi connectivity index (χ4n) is 1.22. The van der Waals surface area contributed by atoms with E-state index >= 15 is 0 Å². The molecule has 1 atom stereocenters. The molecule has 0 amide bonds. The van der Waals surface area contributed by atoms with Crippen LogP contribution in [0.15, 0.2) is 12.5 Å². The molecule has 4 heteroatoms. The Kier molecular flexibility index (Phi) is 3.01. The summed E-state index contributed by atoms with van der Waals surface area (Å²) < 4.78 is 0.737. The maximum atomic E-state index is 9.27. The Labute approximate surface area is 82.6 Å². The Morgan fingerprint density at radius 2 is 2.42 bits per heavy atom. The Morgan fingerprint density at radius 1 is 1.83 bits per heavy atom. The first-order chi connectivity index (χ1) is 5.54. The second-order valence-corrected chi connectivity index (χ2v) is 4.83. The summed E-state index contributed by atoms with van der Waals surface area (Å²) in [4.78, 5) is 1.74. The number of hydrogen-bond acceptors (Lipinski definition) is 3. The third-order valence-corrected chi connectivity index (χ3v) is 3.46. The first-order valence-electron chi connectivity index (χ1n) is 3.88. The van der Waals surface area contributed by atoms with Gasteiger partial charge in [0.2, 0.25) is 0 Å². The minimum atomic E-state index is 0.0729. The monoisotopic (exact) mass is 203 g/mol. The van der Waals surface area contributed by atoms with E-state index in [4.69, 9.17) is 12.2 Å². The molecule has 0 saturated carbocycles. The molecule has 0 aromatic rings. The maximum Gasteiger partial charge on any atom is 0.185 e. The van der Waals surface area contributed by atoms with Gasteiger partial charge in [-0.2, -0.15) is 0 Å². The number of nitrogens with zero attached hydrogens (tertiary/aromatic N) is 1. The zero-order chi connectivity index (χ0) is 9.30. The molecule has 1 aliphatic rings. The largest absolute Gasteiger partial charge is 0.495 e. The van der Waals surface area contributed by atoms with E-state index in [1.165, 1.54) is 0 Å². The number of aliphatic hydroxyl groups excluding tert-OH is 1. The maximum absolute atomic E-state index is 9.27. The van der Waals surface area contributed by atoms with Crippen molar-refractivity contribution < 1.29 is 5.11 Å². The standard InChI is InChI=1S/C8H13NOS2/c1-5(2)7-4-12-8(11)9(7)6(3)10/h5,7,10H,3-4H2,1-2H3/t7-/m0/s1. The number of hydrogen-bond donors (Lipinski definition) is 1. The molecule has 1 heterocycles. The van der Waals surface area contributed by atoms with Crippen LogP contribution in [0.1, 0.15) is 13.8 Å². The third kappa shape index (κ3) is 1.75. The summed E-state index contributed by atoms with van der Waals surface area (Å²) in [6.07, 6.45) is 0. The molecule has 1 aliphatic heterocycles. The van der Waals surface area contributed by atoms with E-state index in [1.807, 2.05) is 0 Å². The Balaban J connectivity index is 2.77. The van der Waals surface area contributed by atoms with Crippen LogP contribution < -0.4 is 0 Å². The van der Waals surface area contributed by atoms with Gasteiger partial charge in [0.1, 0.15) is 4.32 Å². The third-order valence-electron chi connectivity index (χ3n) is 1.95. The van der Waals surface area contributed by atoms with Crippen LogP contribution in [-0.2, 0) is 0 Å². The Hall–Kier alpha value is -0.220. The highest BCUT2D eigenvalue weighted by molar-refractivity contribution is 8.23. The number of thiocarbonyl (C=S) groups is 1. The van der Waals surface area contributed by atoms with E-state index < -0.39 is 0 Å². The summed E-state index contributed by atoms with van der Waals surface area (Å²) >= 11 is 6.69. The summed E-state index contributed by atoms with van der Waals surface area (Å²) in [6.45, 7) is 7.74. The minimum Gasteiger partial charge on any atom is -0.495 e. The zero-order valence-corrected chi connectivity index (χ0v) is 8.91. The van der Waals surface area contributed by atoms with E-state index in [1.54, 1.807) is 16.7 Å². The van der Waals surface area contributed by atoms with Crippen LogP contribution in [-0.4, -0.2) is 26.1 Å². The van der Waals surface area contributed by atoms with Gasteiger partial charge in [-0.05, 0) is 12.5 Å². The lowest BCUT2D eigenvalue weighted by atomic mass is 10.1. The van der Waals surface area contributed by atoms with Crippen LogP contribution in [0, 0.1) is 5.92 Å². The molecule has 0 aromatic heterocycles. The molecule has 1 rings (SSSR count). The van der Waals surface area contributed by atoms with Crippen molar-refractivity contribution in [3.63, 3.8) is 0 Å². The van der Waals surface area contributed by atoms with Crippen molar-refractivity contribution in [3.05, 3.63) is 12.5 Å². The highest BCUT2D eigenvalue weighted by atomic mass is 32.2. The highest BCUT2D eigenvalue weighted by Crippen LogP contribution is 2.30. The van der Waals surface area contributed by atoms with Crippen molar-refractivity contribution >= 4 is 28.3 Å². The van der Waals surface area contributed by atoms with E-state index in [0.717, 1.165) is 10.1 Å². The molecule has 12 heavy (non-hydrogen) atoms. The summed E-state index contributed by atoms with van der Waals surface area (Å²) in [5, 5.41) is 9.27. The van der Waals surface area contributed by atoms with Crippen LogP contribution in [0.2, 0.25) is 0 Å². The van der Waals surface area contributed by atoms with Crippen molar-refractivity contribution in [2.24, 2.45) is 5.92 Å². The average molecular weight is 203 g/mol. The van der Waals surface area contributed by atoms with Crippen molar-refractivity contribution in [3.8, 4) is 0 Å². The smallest absolute Gasteiger partial charge is 0.185 e. The van der Waals surface area contributed by atoms with Crippen LogP contribution in [0.4, 0.5) is 0 Å². The SMILES string of the molecule is C=C(O)N1C(=S)SC[C@H]1C(C)C. The molecule has 2 nitrogen and oxygen atoms in total. The molecule has 0 aliphatic carbocycles. The van der Waals surface area contributed by atoms with Gasteiger partial charge < -0.3 is 5.11 Å². The Bertz CT molecular complexity index is 215. The zero-order valence-electron chi connectivity index (χ0n) is 7.28. The predicted octanol–water partition coefficient (Wildman–Crippen LogP) is 2.37. The summed E-state index contributed by atoms with van der Waals surface area (Å²) in [5.74, 6) is 1.52. The quantitative estimate of drug-likeness (QED) is 0.550. The molecule has 0 unspecified atom stereocenters. The molecule has 1 saturated heterocycles. The lowest BCUT2D eigenvalue weighted by Gasteiger charge is -2.26. The molecule has 68 valence electrons. The van der Waals surface area contributed by atoms with Crippen molar-refractivity contribution in [2.45, 2.75) is 19.9 Å². The molecule has 0 radical (unpaired) electrons. The topological polar surface area (TPSA) is 23.5 Å². The van der Waals surface area contributed by atoms with Crippen LogP contribution in [0.3, 0.4) is 0 Å². The van der Waals surface area contributed by atoms with Crippen molar-refractivity contribution in [1.82, 2.24) is 4.90 Å². The van der Waals surface area contributed by atoms with E-state index in [-0.39, 0.29) is 5.88 Å². The van der Waals surface area contributed by atoms with Crippen molar-refractivity contribution in [1.29, 1.82) is 0 Å². The molecule has 0 spiro atoms. The minimum absolute atomic E-state index is 0.0729. The molecule has 1 fully saturated rings. The second-order valence-electron chi connectivity index (χ2n) is 3.17. The van der Waals surface area contributed by atoms with E-state index in [0.29, 0.717) is 12.0 Å². The first-order valence-corrected chi connectivity index (χ1v) is 5.27. The van der Waals surface area contributed by atoms with Gasteiger partial charge in [-0.3, -0.25) is 4.90 Å². The van der Waals surface area contributed by atoms with Gasteiger partial charge in [-0.1, -0.05) is 37.8 Å². The average Bonchev–Trinajstić information content (AvgIpc) is 2.30. The molecule has 0 aromatic carbocycles. The second kappa shape index (κ2) is 3.66. The Morgan fingerprint density at radius 3 is 2.75 bits per heavy atom. The van der Waals surface area contributed by atoms with Crippen LogP contribution in [0.5, 0.6) is 0 Å². The van der Waals surface area contributed by atoms with Crippen molar-refractivity contribution in [2.75, 3.05) is 5.75 Å². The fraction of sp³-hybridized carbons (Fsp3) is 0.625. The van der Waals surface area contributed by atoms with Gasteiger partial charge in [-0.15, -0.1) is 0 Å². The van der Waals surface area contributed by atoms with Crippen LogP contribution in [0.25, 0.3) is 0 Å². The van der Waals surface area contributed by atoms with Gasteiger partial charge in [-0.25, -0.2) is 0 Å². The molecular weight excluding hydrogens is 190 g/mol. The fourth-order valence-corrected chi connectivity index (χ4v) is 2.90. The van der Waals surface area contributed by atoms with Gasteiger partial charge >= 0.3 is 0 Å². The molecule has 1 N–H and O–H groups in total. The summed E-state index contributed by atoms with van der Waals surface area (Å²) in [6, 6.07) is 0.306. The van der Waals surface area contributed by atoms with Gasteiger partial charge in [0, 0.05) is 5.75 Å². The number of aliphatic hydroxyl groups is 1. The van der Waals surface area contributed by atoms with Crippen LogP contribution >= 0.6 is 24.0 Å². The van der Waals surface area contributed by atoms with E-state index in [2.05, 4.69) is 20.4 Å². The first kappa shape index (κ1) is 9.86. The lowest BCUT2D eigenvalue weighted by Crippen LogP contribution is -2.35. The predicted molar refractivity (Wildman–Crippen MR) is 57.3 cm³/mol. The highest BCUT2D eigenvalue weighted by Gasteiger charge is 2.32. The lowest BCUT2D eigenvalue weighted by molar-refractivity contribution is 0.222. The summed E-state index contributed by atoms with van der Waals surface area (Å²) in [7, 11) is 0. The van der Waals surface area contributed by atoms with E-state index in [9.17, 15) is 5.11 Å². The van der Waals surface area contributed by atoms with Gasteiger partial charge in [0.25, 0.3) is 0 Å². The number of rotatable bonds is 2. The van der Waals surface area contributed by atoms with Gasteiger partial charge in [0.05, 0.1) is 6.04 Å². The molecular formula is C8H13NOS2. The summed E-state index contributed by atoms with van der Waals surface area (Å²) in [5.41, 5.74) is 0. The van der Waals surface area contributed by atoms with Gasteiger partial charge in [0.15, 0.2) is 5.88 Å². The number of thioether (sulfide) groups is 1. The normalized spacial score (nSPS) is 23.8.